The van der Waals surface area contributed by atoms with Crippen LogP contribution in [0, 0.1) is 0 Å². The van der Waals surface area contributed by atoms with Crippen LogP contribution in [-0.4, -0.2) is 6.16 Å². The van der Waals surface area contributed by atoms with Gasteiger partial charge in [0.2, 0.25) is 0 Å². The minimum atomic E-state index is -0.782. The van der Waals surface area contributed by atoms with Gasteiger partial charge in [-0.1, -0.05) is 37.0 Å². The van der Waals surface area contributed by atoms with Gasteiger partial charge in [0.15, 0.2) is 0 Å². The number of allylic oxidation sites excluding steroid dienone is 9. The average molecular weight is 260 g/mol. The summed E-state index contributed by atoms with van der Waals surface area (Å²) in [6.45, 7) is 9.01. The standard InChI is InChI=1S/C16H20O3/c1-5-9-12-14(8-4)18-16(17)19-15(11-7-3)13-10-6-2/h5-13H,1H2,2-4H3/b10-6-,11-7-,12-9-,14-8+,15-13+. The highest BCUT2D eigenvalue weighted by atomic mass is 16.7. The Morgan fingerprint density at radius 1 is 0.947 bits per heavy atom. The lowest BCUT2D eigenvalue weighted by molar-refractivity contribution is 0.107. The molecule has 0 radical (unpaired) electrons. The van der Waals surface area contributed by atoms with E-state index in [9.17, 15) is 4.79 Å². The van der Waals surface area contributed by atoms with Gasteiger partial charge >= 0.3 is 6.16 Å². The van der Waals surface area contributed by atoms with E-state index in [-0.39, 0.29) is 0 Å². The van der Waals surface area contributed by atoms with Crippen molar-refractivity contribution in [1.82, 2.24) is 0 Å². The van der Waals surface area contributed by atoms with Crippen LogP contribution in [0.25, 0.3) is 0 Å². The van der Waals surface area contributed by atoms with Crippen LogP contribution >= 0.6 is 0 Å². The topological polar surface area (TPSA) is 35.5 Å². The quantitative estimate of drug-likeness (QED) is 0.390. The first-order chi connectivity index (χ1) is 9.17. The summed E-state index contributed by atoms with van der Waals surface area (Å²) >= 11 is 0. The summed E-state index contributed by atoms with van der Waals surface area (Å²) in [7, 11) is 0. The molecular weight excluding hydrogens is 240 g/mol. The van der Waals surface area contributed by atoms with Crippen molar-refractivity contribution >= 4 is 6.16 Å². The lowest BCUT2D eigenvalue weighted by Crippen LogP contribution is -2.05. The number of hydrogen-bond acceptors (Lipinski definition) is 3. The fourth-order valence-electron chi connectivity index (χ4n) is 1.04. The fraction of sp³-hybridized carbons (Fsp3) is 0.188. The molecule has 0 fully saturated rings. The monoisotopic (exact) mass is 260 g/mol. The molecule has 0 aromatic carbocycles. The van der Waals surface area contributed by atoms with Crippen LogP contribution in [0.1, 0.15) is 20.8 Å². The summed E-state index contributed by atoms with van der Waals surface area (Å²) in [4.78, 5) is 11.6. The van der Waals surface area contributed by atoms with Gasteiger partial charge in [0, 0.05) is 0 Å². The number of hydrogen-bond donors (Lipinski definition) is 0. The van der Waals surface area contributed by atoms with Crippen LogP contribution in [0.15, 0.2) is 72.8 Å². The van der Waals surface area contributed by atoms with Crippen LogP contribution < -0.4 is 0 Å². The first-order valence-corrected chi connectivity index (χ1v) is 5.98. The minimum absolute atomic E-state index is 0.399. The molecule has 0 saturated carbocycles. The smallest absolute Gasteiger partial charge is 0.395 e. The zero-order chi connectivity index (χ0) is 14.5. The van der Waals surface area contributed by atoms with Gasteiger partial charge in [-0.2, -0.15) is 0 Å². The fourth-order valence-corrected chi connectivity index (χ4v) is 1.04. The molecule has 0 aliphatic heterocycles. The molecule has 0 rings (SSSR count). The predicted octanol–water partition coefficient (Wildman–Crippen LogP) is 4.82. The molecule has 19 heavy (non-hydrogen) atoms. The van der Waals surface area contributed by atoms with E-state index in [2.05, 4.69) is 6.58 Å². The van der Waals surface area contributed by atoms with Crippen LogP contribution in [0.5, 0.6) is 0 Å². The third kappa shape index (κ3) is 8.44. The Hall–Kier alpha value is -2.29. The van der Waals surface area contributed by atoms with Gasteiger partial charge in [-0.15, -0.1) is 0 Å². The van der Waals surface area contributed by atoms with Crippen molar-refractivity contribution in [1.29, 1.82) is 0 Å². The number of carbonyl (C=O) groups is 1. The van der Waals surface area contributed by atoms with Crippen molar-refractivity contribution in [3.05, 3.63) is 72.8 Å². The van der Waals surface area contributed by atoms with Gasteiger partial charge < -0.3 is 9.47 Å². The first-order valence-electron chi connectivity index (χ1n) is 5.98. The molecule has 0 atom stereocenters. The normalized spacial score (nSPS) is 13.4. The Morgan fingerprint density at radius 3 is 2.16 bits per heavy atom. The van der Waals surface area contributed by atoms with Crippen LogP contribution in [0.4, 0.5) is 4.79 Å². The maximum Gasteiger partial charge on any atom is 0.519 e. The van der Waals surface area contributed by atoms with E-state index in [1.165, 1.54) is 0 Å². The van der Waals surface area contributed by atoms with E-state index >= 15 is 0 Å². The molecule has 0 unspecified atom stereocenters. The molecule has 0 aromatic rings. The summed E-state index contributed by atoms with van der Waals surface area (Å²) in [5, 5.41) is 0. The maximum absolute atomic E-state index is 11.6. The molecule has 102 valence electrons. The van der Waals surface area contributed by atoms with Crippen molar-refractivity contribution in [3.63, 3.8) is 0 Å². The zero-order valence-corrected chi connectivity index (χ0v) is 11.6. The second-order valence-corrected chi connectivity index (χ2v) is 3.33. The Labute approximate surface area is 114 Å². The predicted molar refractivity (Wildman–Crippen MR) is 78.4 cm³/mol. The van der Waals surface area contributed by atoms with Crippen molar-refractivity contribution in [3.8, 4) is 0 Å². The summed E-state index contributed by atoms with van der Waals surface area (Å²) in [6.07, 6.45) is 14.5. The molecule has 0 aliphatic carbocycles. The molecule has 0 saturated heterocycles. The van der Waals surface area contributed by atoms with Gasteiger partial charge in [-0.3, -0.25) is 0 Å². The van der Waals surface area contributed by atoms with E-state index < -0.39 is 6.16 Å². The van der Waals surface area contributed by atoms with Crippen LogP contribution in [-0.2, 0) is 9.47 Å². The maximum atomic E-state index is 11.6. The molecule has 0 spiro atoms. The van der Waals surface area contributed by atoms with Gasteiger partial charge in [-0.25, -0.2) is 4.79 Å². The summed E-state index contributed by atoms with van der Waals surface area (Å²) in [6, 6.07) is 0. The largest absolute Gasteiger partial charge is 0.519 e. The average Bonchev–Trinajstić information content (AvgIpc) is 2.40. The summed E-state index contributed by atoms with van der Waals surface area (Å²) in [5.74, 6) is 0.810. The molecule has 3 nitrogen and oxygen atoms in total. The Bertz CT molecular complexity index is 435. The van der Waals surface area contributed by atoms with E-state index in [0.717, 1.165) is 0 Å². The highest BCUT2D eigenvalue weighted by Crippen LogP contribution is 2.07. The van der Waals surface area contributed by atoms with Gasteiger partial charge in [0.25, 0.3) is 0 Å². The SMILES string of the molecule is C=C/C=C\C(=C/C)OC(=O)OC(/C=C\C)=C/C=C\C. The molecule has 0 aromatic heterocycles. The van der Waals surface area contributed by atoms with E-state index in [1.807, 2.05) is 19.9 Å². The molecule has 0 heterocycles. The number of rotatable bonds is 6. The Kier molecular flexibility index (Phi) is 9.53. The molecule has 0 N–H and O–H groups in total. The number of carbonyl (C=O) groups excluding carboxylic acids is 1. The minimum Gasteiger partial charge on any atom is -0.395 e. The third-order valence-corrected chi connectivity index (χ3v) is 1.87. The second kappa shape index (κ2) is 10.8. The zero-order valence-electron chi connectivity index (χ0n) is 11.6. The second-order valence-electron chi connectivity index (χ2n) is 3.33. The molecule has 0 bridgehead atoms. The molecule has 0 amide bonds. The Balaban J connectivity index is 4.66. The highest BCUT2D eigenvalue weighted by molar-refractivity contribution is 5.64. The van der Waals surface area contributed by atoms with E-state index in [4.69, 9.17) is 9.47 Å². The highest BCUT2D eigenvalue weighted by Gasteiger charge is 2.07. The molecule has 3 heteroatoms. The van der Waals surface area contributed by atoms with Crippen LogP contribution in [0.3, 0.4) is 0 Å². The van der Waals surface area contributed by atoms with Crippen molar-refractivity contribution in [2.24, 2.45) is 0 Å². The van der Waals surface area contributed by atoms with Gasteiger partial charge in [0.1, 0.15) is 11.5 Å². The third-order valence-electron chi connectivity index (χ3n) is 1.87. The number of ether oxygens (including phenoxy) is 2. The van der Waals surface area contributed by atoms with Crippen molar-refractivity contribution < 1.29 is 14.3 Å². The Morgan fingerprint density at radius 2 is 1.63 bits per heavy atom. The summed E-state index contributed by atoms with van der Waals surface area (Å²) < 4.78 is 10.1. The molecule has 0 aliphatic rings. The lowest BCUT2D eigenvalue weighted by atomic mass is 10.4. The molecular formula is C16H20O3. The van der Waals surface area contributed by atoms with Crippen LogP contribution in [0.2, 0.25) is 0 Å². The summed E-state index contributed by atoms with van der Waals surface area (Å²) in [5.41, 5.74) is 0. The van der Waals surface area contributed by atoms with Crippen molar-refractivity contribution in [2.75, 3.05) is 0 Å². The van der Waals surface area contributed by atoms with Gasteiger partial charge in [-0.05, 0) is 45.1 Å². The van der Waals surface area contributed by atoms with Gasteiger partial charge in [0.05, 0.1) is 0 Å². The van der Waals surface area contributed by atoms with Crippen molar-refractivity contribution in [2.45, 2.75) is 20.8 Å². The van der Waals surface area contributed by atoms with E-state index in [1.54, 1.807) is 55.5 Å². The van der Waals surface area contributed by atoms with E-state index in [0.29, 0.717) is 11.5 Å². The lowest BCUT2D eigenvalue weighted by Gasteiger charge is -2.06. The first kappa shape index (κ1) is 16.7.